The van der Waals surface area contributed by atoms with Gasteiger partial charge in [0.1, 0.15) is 12.2 Å². The van der Waals surface area contributed by atoms with Crippen molar-refractivity contribution < 1.29 is 9.47 Å². The molecule has 27 heavy (non-hydrogen) atoms. The van der Waals surface area contributed by atoms with Crippen molar-refractivity contribution in [2.45, 2.75) is 36.5 Å². The van der Waals surface area contributed by atoms with Crippen LogP contribution in [0.3, 0.4) is 0 Å². The summed E-state index contributed by atoms with van der Waals surface area (Å²) in [4.78, 5) is 27.0. The summed E-state index contributed by atoms with van der Waals surface area (Å²) in [5, 5.41) is 0. The molecule has 134 valence electrons. The number of hydrogen-bond donors (Lipinski definition) is 0. The molecule has 11 rings (SSSR count). The van der Waals surface area contributed by atoms with Crippen molar-refractivity contribution in [1.82, 2.24) is 13.9 Å². The Kier molecular flexibility index (Phi) is 1.36. The number of fused-ring (bicyclic) bond motifs is 3. The van der Waals surface area contributed by atoms with Crippen molar-refractivity contribution in [2.75, 3.05) is 0 Å². The van der Waals surface area contributed by atoms with Crippen LogP contribution in [0.1, 0.15) is 12.1 Å². The molecule has 2 unspecified atom stereocenters. The second-order valence-corrected chi connectivity index (χ2v) is 9.93. The normalized spacial score (nSPS) is 61.6. The number of hydrogen-bond acceptors (Lipinski definition) is 4. The lowest BCUT2D eigenvalue weighted by molar-refractivity contribution is -0.0267. The van der Waals surface area contributed by atoms with Crippen LogP contribution in [-0.2, 0) is 9.47 Å². The largest absolute Gasteiger partial charge is 0.366 e. The smallest absolute Gasteiger partial charge is 0.352 e. The molecule has 2 spiro atoms. The zero-order valence-corrected chi connectivity index (χ0v) is 14.1. The van der Waals surface area contributed by atoms with Gasteiger partial charge in [0, 0.05) is 10.8 Å². The third kappa shape index (κ3) is 0.809. The summed E-state index contributed by atoms with van der Waals surface area (Å²) in [5.74, 6) is 2.44. The van der Waals surface area contributed by atoms with Crippen LogP contribution in [0.5, 0.6) is 0 Å². The zero-order chi connectivity index (χ0) is 17.2. The molecule has 5 saturated carbocycles. The van der Waals surface area contributed by atoms with Gasteiger partial charge in [0.05, 0.1) is 30.0 Å². The van der Waals surface area contributed by atoms with E-state index < -0.39 is 0 Å². The molecule has 2 aromatic rings. The third-order valence-electron chi connectivity index (χ3n) is 9.85. The second kappa shape index (κ2) is 2.97. The van der Waals surface area contributed by atoms with Crippen LogP contribution in [0.4, 0.5) is 0 Å². The second-order valence-electron chi connectivity index (χ2n) is 9.93. The molecular weight excluding hydrogens is 346 g/mol. The summed E-state index contributed by atoms with van der Waals surface area (Å²) in [6.45, 7) is 0. The lowest BCUT2D eigenvalue weighted by Gasteiger charge is -2.48. The Balaban J connectivity index is 1.34. The van der Waals surface area contributed by atoms with Gasteiger partial charge in [0.25, 0.3) is 0 Å². The van der Waals surface area contributed by atoms with Crippen molar-refractivity contribution in [2.24, 2.45) is 34.5 Å². The first-order valence-electron chi connectivity index (χ1n) is 10.1. The maximum absolute atomic E-state index is 13.5. The van der Waals surface area contributed by atoms with Crippen molar-refractivity contribution in [1.29, 1.82) is 0 Å². The van der Waals surface area contributed by atoms with Crippen LogP contribution in [0.15, 0.2) is 39.9 Å². The van der Waals surface area contributed by atoms with E-state index in [4.69, 9.17) is 9.47 Å². The van der Waals surface area contributed by atoms with Crippen molar-refractivity contribution in [3.05, 3.63) is 51.3 Å². The highest BCUT2D eigenvalue weighted by atomic mass is 16.7. The molecule has 0 radical (unpaired) electrons. The molecule has 12 atom stereocenters. The molecule has 4 aliphatic heterocycles. The lowest BCUT2D eigenvalue weighted by atomic mass is 9.64. The molecule has 7 fully saturated rings. The molecule has 7 heteroatoms. The first-order valence-corrected chi connectivity index (χ1v) is 10.1. The Morgan fingerprint density at radius 3 is 1.89 bits per heavy atom. The van der Waals surface area contributed by atoms with E-state index in [-0.39, 0.29) is 58.7 Å². The monoisotopic (exact) mass is 361 g/mol. The number of epoxide rings is 2. The van der Waals surface area contributed by atoms with E-state index in [1.807, 2.05) is 39.7 Å². The van der Waals surface area contributed by atoms with E-state index in [1.165, 1.54) is 4.57 Å². The van der Waals surface area contributed by atoms with E-state index >= 15 is 0 Å². The molecule has 1 aromatic carbocycles. The van der Waals surface area contributed by atoms with E-state index in [2.05, 4.69) is 0 Å². The van der Waals surface area contributed by atoms with Gasteiger partial charge in [-0.3, -0.25) is 0 Å². The van der Waals surface area contributed by atoms with Gasteiger partial charge < -0.3 is 9.47 Å². The topological polar surface area (TPSA) is 74.0 Å². The molecular formula is C20H15N3O4. The maximum Gasteiger partial charge on any atom is 0.352 e. The summed E-state index contributed by atoms with van der Waals surface area (Å²) in [7, 11) is 0. The first-order chi connectivity index (χ1) is 13.3. The zero-order valence-electron chi connectivity index (χ0n) is 14.1. The molecule has 2 saturated heterocycles. The van der Waals surface area contributed by atoms with Gasteiger partial charge >= 0.3 is 11.4 Å². The van der Waals surface area contributed by atoms with Crippen molar-refractivity contribution in [3.8, 4) is 5.69 Å². The van der Waals surface area contributed by atoms with Gasteiger partial charge in [-0.15, -0.1) is 0 Å². The fraction of sp³-hybridized carbons (Fsp3) is 0.600. The summed E-state index contributed by atoms with van der Waals surface area (Å²) >= 11 is 0. The average Bonchev–Trinajstić information content (AvgIpc) is 3.51. The van der Waals surface area contributed by atoms with Crippen LogP contribution in [0, 0.1) is 34.5 Å². The molecule has 1 aromatic heterocycles. The van der Waals surface area contributed by atoms with E-state index in [1.54, 1.807) is 0 Å². The van der Waals surface area contributed by atoms with Crippen LogP contribution in [-0.4, -0.2) is 38.3 Å². The molecule has 5 aliphatic carbocycles. The van der Waals surface area contributed by atoms with Gasteiger partial charge in [0.2, 0.25) is 0 Å². The van der Waals surface area contributed by atoms with Gasteiger partial charge in [-0.25, -0.2) is 23.5 Å². The SMILES string of the molecule is O=c1n(-c2ccccc2)c(=O)n2n1[C@H]1[C@H]3C4C5[C@]16[C@@H]1O[C@@H]1[C@@H]1O[C@H]1[C@@]56[C@@H]2[C@@H]43. The van der Waals surface area contributed by atoms with Gasteiger partial charge in [0.15, 0.2) is 0 Å². The third-order valence-corrected chi connectivity index (χ3v) is 9.85. The fourth-order valence-electron chi connectivity index (χ4n) is 9.63. The minimum Gasteiger partial charge on any atom is -0.366 e. The number of rotatable bonds is 1. The van der Waals surface area contributed by atoms with Gasteiger partial charge in [-0.1, -0.05) is 18.2 Å². The summed E-state index contributed by atoms with van der Waals surface area (Å²) in [6, 6.07) is 9.60. The van der Waals surface area contributed by atoms with Crippen molar-refractivity contribution >= 4 is 0 Å². The highest BCUT2D eigenvalue weighted by molar-refractivity contribution is 5.56. The Morgan fingerprint density at radius 1 is 0.778 bits per heavy atom. The van der Waals surface area contributed by atoms with Crippen LogP contribution in [0.25, 0.3) is 5.69 Å². The summed E-state index contributed by atoms with van der Waals surface area (Å²) in [6.07, 6.45) is 0.998. The number of ether oxygens (including phenoxy) is 2. The molecule has 5 heterocycles. The predicted octanol–water partition coefficient (Wildman–Crippen LogP) is -0.0631. The molecule has 9 aliphatic rings. The number of para-hydroxylation sites is 1. The van der Waals surface area contributed by atoms with Crippen LogP contribution in [0.2, 0.25) is 0 Å². The molecule has 0 N–H and O–H groups in total. The number of aromatic nitrogens is 3. The lowest BCUT2D eigenvalue weighted by Crippen LogP contribution is -2.57. The number of nitrogens with zero attached hydrogens (tertiary/aromatic N) is 3. The minimum atomic E-state index is -0.170. The average molecular weight is 361 g/mol. The highest BCUT2D eigenvalue weighted by Crippen LogP contribution is 3.07. The van der Waals surface area contributed by atoms with Gasteiger partial charge in [-0.05, 0) is 35.8 Å². The fourth-order valence-corrected chi connectivity index (χ4v) is 9.63. The minimum absolute atomic E-state index is 0.0726. The molecule has 7 nitrogen and oxygen atoms in total. The first kappa shape index (κ1) is 12.4. The van der Waals surface area contributed by atoms with E-state index in [0.717, 1.165) is 0 Å². The summed E-state index contributed by atoms with van der Waals surface area (Å²) in [5.41, 5.74) is 0.468. The number of benzene rings is 1. The molecule has 2 bridgehead atoms. The highest BCUT2D eigenvalue weighted by Gasteiger charge is 3.11. The Hall–Kier alpha value is -2.12. The summed E-state index contributed by atoms with van der Waals surface area (Å²) < 4.78 is 17.4. The molecule has 0 amide bonds. The Bertz CT molecular complexity index is 1200. The van der Waals surface area contributed by atoms with Crippen LogP contribution >= 0.6 is 0 Å². The van der Waals surface area contributed by atoms with Crippen LogP contribution < -0.4 is 11.4 Å². The quantitative estimate of drug-likeness (QED) is 0.667. The Labute approximate surface area is 152 Å². The van der Waals surface area contributed by atoms with Gasteiger partial charge in [-0.2, -0.15) is 0 Å². The van der Waals surface area contributed by atoms with E-state index in [0.29, 0.717) is 29.4 Å². The standard InChI is InChI=1S/C20H15N3O4/c24-17-21(6-4-2-1-3-5-6)18(25)23-14-9-7-8(9)13(22(17)23)19-12(7)20(14,19)16-11(27-16)10-15(19)26-10/h1-5,7-16H/t7?,8-,9-,10-,11+,12?,13-,14-,15+,16+,19-,20+/m0/s1. The maximum atomic E-state index is 13.5. The Morgan fingerprint density at radius 2 is 1.33 bits per heavy atom. The van der Waals surface area contributed by atoms with E-state index in [9.17, 15) is 9.59 Å². The predicted molar refractivity (Wildman–Crippen MR) is 88.5 cm³/mol. The van der Waals surface area contributed by atoms with Crippen molar-refractivity contribution in [3.63, 3.8) is 0 Å².